The molecule has 0 amide bonds. The Hall–Kier alpha value is -4.42. The van der Waals surface area contributed by atoms with Gasteiger partial charge in [-0.2, -0.15) is 28.0 Å². The second-order valence-electron chi connectivity index (χ2n) is 8.71. The molecule has 4 N–H and O–H groups in total. The Morgan fingerprint density at radius 3 is 2.59 bits per heavy atom. The van der Waals surface area contributed by atoms with Crippen LogP contribution in [0.4, 0.5) is 5.82 Å². The zero-order valence-electron chi connectivity index (χ0n) is 20.8. The van der Waals surface area contributed by atoms with Gasteiger partial charge in [0.1, 0.15) is 5.82 Å². The van der Waals surface area contributed by atoms with Crippen LogP contribution in [0.15, 0.2) is 84.1 Å². The topological polar surface area (TPSA) is 168 Å². The Morgan fingerprint density at radius 2 is 1.87 bits per heavy atom. The summed E-state index contributed by atoms with van der Waals surface area (Å²) in [5.41, 5.74) is -0.573. The number of anilines is 1. The summed E-state index contributed by atoms with van der Waals surface area (Å²) < 4.78 is 31.6. The van der Waals surface area contributed by atoms with Crippen LogP contribution in [-0.2, 0) is 39.3 Å². The van der Waals surface area contributed by atoms with Crippen molar-refractivity contribution < 1.29 is 23.1 Å². The third-order valence-corrected chi connectivity index (χ3v) is 7.02. The first-order valence-electron chi connectivity index (χ1n) is 12.0. The molecule has 2 aromatic heterocycles. The van der Waals surface area contributed by atoms with Crippen molar-refractivity contribution >= 4 is 39.0 Å². The molecule has 0 fully saturated rings. The Labute approximate surface area is 225 Å². The number of carboxylic acids is 1. The number of rotatable bonds is 14. The minimum atomic E-state index is -4.38. The van der Waals surface area contributed by atoms with Crippen molar-refractivity contribution in [1.82, 2.24) is 24.2 Å². The number of carboxylic acid groups (broad SMARTS) is 1. The normalized spacial score (nSPS) is 12.9. The summed E-state index contributed by atoms with van der Waals surface area (Å²) in [5, 5.41) is 18.3. The maximum absolute atomic E-state index is 12.7. The van der Waals surface area contributed by atoms with E-state index in [1.165, 1.54) is 6.08 Å². The molecule has 0 unspecified atom stereocenters. The van der Waals surface area contributed by atoms with Gasteiger partial charge in [0.25, 0.3) is 10.2 Å². The molecule has 2 aromatic carbocycles. The van der Waals surface area contributed by atoms with E-state index in [0.717, 1.165) is 23.1 Å². The fourth-order valence-corrected chi connectivity index (χ4v) is 5.09. The lowest BCUT2D eigenvalue weighted by Crippen LogP contribution is -2.57. The van der Waals surface area contributed by atoms with Crippen LogP contribution in [-0.4, -0.2) is 52.5 Å². The highest BCUT2D eigenvalue weighted by atomic mass is 32.2. The molecule has 12 nitrogen and oxygen atoms in total. The van der Waals surface area contributed by atoms with Gasteiger partial charge >= 0.3 is 5.97 Å². The number of hydrogen-bond donors (Lipinski definition) is 4. The smallest absolute Gasteiger partial charge is 0.348 e. The summed E-state index contributed by atoms with van der Waals surface area (Å²) in [5.74, 6) is -0.856. The van der Waals surface area contributed by atoms with Gasteiger partial charge < -0.3 is 10.4 Å². The average Bonchev–Trinajstić information content (AvgIpc) is 3.33. The number of pyridine rings is 1. The fourth-order valence-electron chi connectivity index (χ4n) is 4.01. The molecule has 0 saturated carbocycles. The minimum absolute atomic E-state index is 0.0841. The molecule has 0 radical (unpaired) electrons. The van der Waals surface area contributed by atoms with Crippen LogP contribution >= 0.6 is 0 Å². The quantitative estimate of drug-likeness (QED) is 0.105. The number of benzene rings is 2. The molecular weight excluding hydrogens is 522 g/mol. The highest BCUT2D eigenvalue weighted by molar-refractivity contribution is 7.87. The van der Waals surface area contributed by atoms with Crippen molar-refractivity contribution in [1.29, 1.82) is 0 Å². The Balaban J connectivity index is 1.46. The summed E-state index contributed by atoms with van der Waals surface area (Å²) in [6, 6.07) is 19.4. The Kier molecular flexibility index (Phi) is 8.79. The van der Waals surface area contributed by atoms with Gasteiger partial charge in [-0.05, 0) is 41.8 Å². The summed E-state index contributed by atoms with van der Waals surface area (Å²) in [7, 11) is -4.38. The number of aliphatic carboxylic acids is 1. The number of aryl methyl sites for hydroxylation is 1. The molecule has 1 atom stereocenters. The number of carbonyl (C=O) groups excluding carboxylic acids is 1. The predicted octanol–water partition coefficient (Wildman–Crippen LogP) is 2.22. The van der Waals surface area contributed by atoms with Gasteiger partial charge in [0.05, 0.1) is 11.7 Å². The monoisotopic (exact) mass is 549 g/mol. The number of nitrogens with one attached hydrogen (secondary N) is 3. The van der Waals surface area contributed by atoms with E-state index in [1.54, 1.807) is 60.9 Å². The van der Waals surface area contributed by atoms with Crippen LogP contribution in [0, 0.1) is 0 Å². The number of carbonyl (C=O) groups is 1. The molecule has 39 heavy (non-hydrogen) atoms. The van der Waals surface area contributed by atoms with Crippen LogP contribution in [0.25, 0.3) is 10.9 Å². The standard InChI is InChI=1S/C26H27N7O5S/c34-19-29-26(25(35)36,32-39(37,38)31-17-20-7-2-1-3-8-20)16-21-10-11-23-22(15-21)18-30-33(23)14-6-13-28-24-9-4-5-12-27-24/h1-5,7-12,15,18,31-32H,6,13-14,16-17H2,(H,27,28)(H,35,36)/t26-/m0/s1. The third kappa shape index (κ3) is 7.33. The third-order valence-electron chi connectivity index (χ3n) is 5.89. The first kappa shape index (κ1) is 27.6. The zero-order chi connectivity index (χ0) is 27.7. The van der Waals surface area contributed by atoms with E-state index in [2.05, 4.69) is 25.1 Å². The van der Waals surface area contributed by atoms with Gasteiger partial charge in [0, 0.05) is 37.6 Å². The van der Waals surface area contributed by atoms with Crippen LogP contribution in [0.2, 0.25) is 0 Å². The van der Waals surface area contributed by atoms with Crippen molar-refractivity contribution in [2.75, 3.05) is 11.9 Å². The van der Waals surface area contributed by atoms with Gasteiger partial charge in [-0.3, -0.25) is 4.68 Å². The van der Waals surface area contributed by atoms with Crippen LogP contribution < -0.4 is 14.8 Å². The van der Waals surface area contributed by atoms with E-state index in [9.17, 15) is 23.1 Å². The summed E-state index contributed by atoms with van der Waals surface area (Å²) in [6.07, 6.45) is 4.91. The molecule has 0 saturated heterocycles. The fraction of sp³-hybridized carbons (Fsp3) is 0.231. The maximum Gasteiger partial charge on any atom is 0.348 e. The van der Waals surface area contributed by atoms with Crippen molar-refractivity contribution in [3.05, 3.63) is 90.3 Å². The molecular formula is C26H27N7O5S. The van der Waals surface area contributed by atoms with Crippen molar-refractivity contribution in [2.45, 2.75) is 31.6 Å². The second-order valence-corrected chi connectivity index (χ2v) is 10.2. The van der Waals surface area contributed by atoms with Crippen LogP contribution in [0.5, 0.6) is 0 Å². The van der Waals surface area contributed by atoms with Crippen molar-refractivity contribution in [2.24, 2.45) is 4.99 Å². The summed E-state index contributed by atoms with van der Waals surface area (Å²) in [6.45, 7) is 1.24. The van der Waals surface area contributed by atoms with Gasteiger partial charge in [-0.25, -0.2) is 14.6 Å². The number of fused-ring (bicyclic) bond motifs is 1. The van der Waals surface area contributed by atoms with E-state index in [0.29, 0.717) is 24.2 Å². The van der Waals surface area contributed by atoms with Gasteiger partial charge in [-0.1, -0.05) is 42.5 Å². The first-order valence-corrected chi connectivity index (χ1v) is 13.5. The lowest BCUT2D eigenvalue weighted by molar-refractivity contribution is -0.143. The Bertz CT molecular complexity index is 1570. The van der Waals surface area contributed by atoms with E-state index < -0.39 is 28.3 Å². The SMILES string of the molecule is O=C=N[C@@](Cc1ccc2c(cnn2CCCNc2ccccn2)c1)(NS(=O)(=O)NCc1ccccc1)C(=O)O. The van der Waals surface area contributed by atoms with E-state index in [1.807, 2.05) is 27.6 Å². The number of nitrogens with zero attached hydrogens (tertiary/aromatic N) is 4. The molecule has 4 rings (SSSR count). The lowest BCUT2D eigenvalue weighted by atomic mass is 10.00. The molecule has 2 heterocycles. The van der Waals surface area contributed by atoms with E-state index >= 15 is 0 Å². The number of aliphatic imine (C=N–C) groups is 1. The Morgan fingerprint density at radius 1 is 1.08 bits per heavy atom. The predicted molar refractivity (Wildman–Crippen MR) is 145 cm³/mol. The lowest BCUT2D eigenvalue weighted by Gasteiger charge is -2.25. The van der Waals surface area contributed by atoms with Crippen LogP contribution in [0.1, 0.15) is 17.5 Å². The number of isocyanates is 1. The van der Waals surface area contributed by atoms with Crippen molar-refractivity contribution in [3.8, 4) is 0 Å². The largest absolute Gasteiger partial charge is 0.478 e. The maximum atomic E-state index is 12.7. The molecule has 0 spiro atoms. The summed E-state index contributed by atoms with van der Waals surface area (Å²) in [4.78, 5) is 31.0. The molecule has 202 valence electrons. The van der Waals surface area contributed by atoms with Crippen molar-refractivity contribution in [3.63, 3.8) is 0 Å². The minimum Gasteiger partial charge on any atom is -0.478 e. The molecule has 0 bridgehead atoms. The van der Waals surface area contributed by atoms with Gasteiger partial charge in [0.2, 0.25) is 11.7 Å². The molecule has 13 heteroatoms. The molecule has 0 aliphatic carbocycles. The number of aromatic nitrogens is 3. The van der Waals surface area contributed by atoms with E-state index in [-0.39, 0.29) is 6.54 Å². The van der Waals surface area contributed by atoms with Crippen LogP contribution in [0.3, 0.4) is 0 Å². The summed E-state index contributed by atoms with van der Waals surface area (Å²) >= 11 is 0. The van der Waals surface area contributed by atoms with Gasteiger partial charge in [0.15, 0.2) is 0 Å². The molecule has 0 aliphatic rings. The zero-order valence-corrected chi connectivity index (χ0v) is 21.6. The van der Waals surface area contributed by atoms with E-state index in [4.69, 9.17) is 0 Å². The highest BCUT2D eigenvalue weighted by Gasteiger charge is 2.43. The average molecular weight is 550 g/mol. The second kappa shape index (κ2) is 12.4. The first-order chi connectivity index (χ1) is 18.8. The molecule has 4 aromatic rings. The highest BCUT2D eigenvalue weighted by Crippen LogP contribution is 2.22. The number of hydrogen-bond acceptors (Lipinski definition) is 8. The molecule has 0 aliphatic heterocycles. The van der Waals surface area contributed by atoms with Gasteiger partial charge in [-0.15, -0.1) is 0 Å².